The summed E-state index contributed by atoms with van der Waals surface area (Å²) in [6.07, 6.45) is 0. The Labute approximate surface area is 191 Å². The normalized spacial score (nSPS) is 61.0. The molecule has 0 amide bonds. The number of hydrogen-bond donors (Lipinski definition) is 0. The Morgan fingerprint density at radius 3 is 0.774 bits per heavy atom. The van der Waals surface area contributed by atoms with Crippen molar-refractivity contribution in [2.24, 2.45) is 0 Å². The lowest BCUT2D eigenvalue weighted by Gasteiger charge is -2.60. The van der Waals surface area contributed by atoms with Crippen molar-refractivity contribution < 1.29 is 53.5 Å². The molecule has 0 atom stereocenters. The lowest BCUT2D eigenvalue weighted by molar-refractivity contribution is -0.0366. The molecule has 6 saturated heterocycles. The van der Waals surface area contributed by atoms with Gasteiger partial charge in [0, 0.05) is 45.8 Å². The maximum atomic E-state index is 6.52. The maximum absolute atomic E-state index is 6.52. The zero-order valence-corrected chi connectivity index (χ0v) is 28.0. The molecule has 0 N–H and O–H groups in total. The molecule has 0 saturated carbocycles. The lowest BCUT2D eigenvalue weighted by atomic mass is 11.9. The molecule has 0 aromatic heterocycles. The highest BCUT2D eigenvalue weighted by molar-refractivity contribution is 7.02. The van der Waals surface area contributed by atoms with Gasteiger partial charge in [0.15, 0.2) is 9.04 Å². The maximum Gasteiger partial charge on any atom is 0.646 e. The smallest absolute Gasteiger partial charge is 0.399 e. The topological polar surface area (TPSA) is 120 Å². The van der Waals surface area contributed by atoms with Crippen LogP contribution in [-0.2, 0) is 53.5 Å². The summed E-state index contributed by atoms with van der Waals surface area (Å²) in [5, 5.41) is 0. The minimum Gasteiger partial charge on any atom is -0.399 e. The van der Waals surface area contributed by atoms with Gasteiger partial charge in [-0.2, -0.15) is 0 Å². The van der Waals surface area contributed by atoms with Crippen LogP contribution in [0.2, 0.25) is 58.9 Å². The zero-order chi connectivity index (χ0) is 22.8. The van der Waals surface area contributed by atoms with Crippen LogP contribution in [0.5, 0.6) is 0 Å². The second-order valence-electron chi connectivity index (χ2n) is 8.93. The van der Waals surface area contributed by atoms with Crippen molar-refractivity contribution in [3.63, 3.8) is 0 Å². The van der Waals surface area contributed by atoms with E-state index in [2.05, 4.69) is 0 Å². The van der Waals surface area contributed by atoms with Crippen molar-refractivity contribution in [2.75, 3.05) is 0 Å². The molecule has 31 heavy (non-hydrogen) atoms. The van der Waals surface area contributed by atoms with Crippen LogP contribution in [0.15, 0.2) is 0 Å². The van der Waals surface area contributed by atoms with E-state index in [4.69, 9.17) is 53.5 Å². The van der Waals surface area contributed by atoms with Crippen LogP contribution >= 0.6 is 0 Å². The molecule has 6 aliphatic rings. The van der Waals surface area contributed by atoms with Crippen molar-refractivity contribution in [1.29, 1.82) is 0 Å². The Morgan fingerprint density at radius 1 is 0.387 bits per heavy atom. The molecule has 13 nitrogen and oxygen atoms in total. The van der Waals surface area contributed by atoms with Gasteiger partial charge in [-0.25, -0.2) is 0 Å². The van der Waals surface area contributed by atoms with Crippen molar-refractivity contribution in [3.05, 3.63) is 0 Å². The van der Waals surface area contributed by atoms with E-state index in [1.54, 1.807) is 45.8 Å². The minimum absolute atomic E-state index is 1.72. The highest BCUT2D eigenvalue weighted by Gasteiger charge is 2.80. The Bertz CT molecular complexity index is 689. The molecule has 8 bridgehead atoms. The van der Waals surface area contributed by atoms with Crippen molar-refractivity contribution >= 4 is 79.7 Å². The molecule has 0 aromatic carbocycles. The fraction of sp³-hybridized carbons (Fsp3) is 1.00. The first-order chi connectivity index (χ1) is 13.9. The monoisotopic (exact) mass is 596 g/mol. The molecule has 6 heterocycles. The molecular formula is C9H28O13Si9. The Balaban J connectivity index is 1.77. The summed E-state index contributed by atoms with van der Waals surface area (Å²) in [6.45, 7) is 16.1. The summed E-state index contributed by atoms with van der Waals surface area (Å²) in [7, 11) is -30.3. The van der Waals surface area contributed by atoms with Crippen molar-refractivity contribution in [2.45, 2.75) is 58.9 Å². The van der Waals surface area contributed by atoms with Crippen LogP contribution in [0.1, 0.15) is 0 Å². The Kier molecular flexibility index (Phi) is 5.29. The van der Waals surface area contributed by atoms with Crippen LogP contribution in [0.4, 0.5) is 0 Å². The lowest BCUT2D eigenvalue weighted by Crippen LogP contribution is -2.86. The third-order valence-corrected chi connectivity index (χ3v) is 41.8. The second-order valence-corrected chi connectivity index (χ2v) is 34.8. The van der Waals surface area contributed by atoms with E-state index in [9.17, 15) is 0 Å². The predicted octanol–water partition coefficient (Wildman–Crippen LogP) is 0.670. The summed E-state index contributed by atoms with van der Waals surface area (Å²) in [6, 6.07) is 0. The fourth-order valence-electron chi connectivity index (χ4n) is 4.57. The predicted molar refractivity (Wildman–Crippen MR) is 120 cm³/mol. The molecule has 0 aromatic rings. The first-order valence-electron chi connectivity index (χ1n) is 9.99. The average Bonchev–Trinajstić information content (AvgIpc) is 2.32. The van der Waals surface area contributed by atoms with Gasteiger partial charge in [-0.15, -0.1) is 0 Å². The third kappa shape index (κ3) is 4.43. The fourth-order valence-corrected chi connectivity index (χ4v) is 51.5. The average molecular weight is 597 g/mol. The first kappa shape index (κ1) is 24.1. The van der Waals surface area contributed by atoms with E-state index in [0.29, 0.717) is 0 Å². The van der Waals surface area contributed by atoms with Crippen molar-refractivity contribution in [3.8, 4) is 0 Å². The van der Waals surface area contributed by atoms with E-state index in [1.807, 2.05) is 13.1 Å². The van der Waals surface area contributed by atoms with E-state index in [1.165, 1.54) is 0 Å². The second kappa shape index (κ2) is 6.80. The Morgan fingerprint density at radius 2 is 0.581 bits per heavy atom. The number of rotatable bonds is 2. The van der Waals surface area contributed by atoms with E-state index in [-0.39, 0.29) is 0 Å². The van der Waals surface area contributed by atoms with Gasteiger partial charge < -0.3 is 53.5 Å². The highest BCUT2D eigenvalue weighted by Crippen LogP contribution is 2.48. The van der Waals surface area contributed by atoms with Gasteiger partial charge in [-0.05, 0) is 13.1 Å². The summed E-state index contributed by atoms with van der Waals surface area (Å²) < 4.78 is 84.0. The van der Waals surface area contributed by atoms with Gasteiger partial charge in [0.2, 0.25) is 0 Å². The quantitative estimate of drug-likeness (QED) is 0.416. The molecule has 0 spiro atoms. The SMILES string of the molecule is C[SiH](C)O[Si]12O[Si]3(C)O[Si]4(C)O[Si]5(C)O[Si](C)(O3)O[Si](C)(O[Si](C)(O5)O[Si](C)(O4)O1)O2. The van der Waals surface area contributed by atoms with E-state index in [0.717, 1.165) is 0 Å². The van der Waals surface area contributed by atoms with Crippen LogP contribution in [-0.4, -0.2) is 79.7 Å². The van der Waals surface area contributed by atoms with E-state index < -0.39 is 79.7 Å². The van der Waals surface area contributed by atoms with Gasteiger partial charge in [0.1, 0.15) is 0 Å². The molecular weight excluding hydrogens is 569 g/mol. The molecule has 6 aliphatic heterocycles. The van der Waals surface area contributed by atoms with E-state index >= 15 is 0 Å². The molecule has 6 fully saturated rings. The standard InChI is InChI=1S/C9H28O13Si9/c1-23(2)10-31-20-28(7)14-25(4)11-24(3)12-26(5,16-28)18-30(9,22-31)19-27(6,13-24)17-29(8,15-25)21-31/h23H,1-9H3. The highest BCUT2D eigenvalue weighted by atomic mass is 28.6. The summed E-state index contributed by atoms with van der Waals surface area (Å²) >= 11 is 0. The summed E-state index contributed by atoms with van der Waals surface area (Å²) in [5.74, 6) is 0. The molecule has 0 aliphatic carbocycles. The summed E-state index contributed by atoms with van der Waals surface area (Å²) in [4.78, 5) is 0. The van der Waals surface area contributed by atoms with Gasteiger partial charge in [-0.3, -0.25) is 0 Å². The minimum atomic E-state index is -3.94. The summed E-state index contributed by atoms with van der Waals surface area (Å²) in [5.41, 5.74) is 0. The van der Waals surface area contributed by atoms with Crippen LogP contribution in [0.3, 0.4) is 0 Å². The zero-order valence-electron chi connectivity index (χ0n) is 18.9. The molecule has 22 heteroatoms. The molecule has 178 valence electrons. The van der Waals surface area contributed by atoms with Gasteiger partial charge in [0.05, 0.1) is 0 Å². The van der Waals surface area contributed by atoms with Gasteiger partial charge in [-0.1, -0.05) is 0 Å². The third-order valence-electron chi connectivity index (χ3n) is 4.65. The Hall–Kier alpha value is 1.43. The van der Waals surface area contributed by atoms with Gasteiger partial charge in [0.25, 0.3) is 0 Å². The van der Waals surface area contributed by atoms with Crippen LogP contribution in [0, 0.1) is 0 Å². The molecule has 0 unspecified atom stereocenters. The largest absolute Gasteiger partial charge is 0.646 e. The first-order valence-corrected chi connectivity index (χ1v) is 30.0. The molecule has 6 rings (SSSR count). The number of hydrogen-bond acceptors (Lipinski definition) is 13. The van der Waals surface area contributed by atoms with Gasteiger partial charge >= 0.3 is 70.7 Å². The van der Waals surface area contributed by atoms with Crippen LogP contribution < -0.4 is 0 Å². The molecule has 0 radical (unpaired) electrons. The van der Waals surface area contributed by atoms with Crippen molar-refractivity contribution in [1.82, 2.24) is 0 Å². The van der Waals surface area contributed by atoms with Crippen LogP contribution in [0.25, 0.3) is 0 Å².